The number of nitrogens with one attached hydrogen (secondary N) is 1. The number of rotatable bonds is 2. The van der Waals surface area contributed by atoms with Gasteiger partial charge >= 0.3 is 0 Å². The predicted octanol–water partition coefficient (Wildman–Crippen LogP) is 4.31. The van der Waals surface area contributed by atoms with Crippen molar-refractivity contribution in [3.05, 3.63) is 21.9 Å². The first-order valence-corrected chi connectivity index (χ1v) is 8.81. The summed E-state index contributed by atoms with van der Waals surface area (Å²) in [6.45, 7) is 9.00. The van der Waals surface area contributed by atoms with Gasteiger partial charge in [0.25, 0.3) is 0 Å². The number of aryl methyl sites for hydroxylation is 1. The lowest BCUT2D eigenvalue weighted by molar-refractivity contribution is -0.146. The summed E-state index contributed by atoms with van der Waals surface area (Å²) in [6, 6.07) is 4.52. The largest absolute Gasteiger partial charge is 0.364 e. The summed E-state index contributed by atoms with van der Waals surface area (Å²) < 4.78 is 6.60. The highest BCUT2D eigenvalue weighted by Crippen LogP contribution is 2.45. The molecule has 1 aromatic rings. The second kappa shape index (κ2) is 5.43. The summed E-state index contributed by atoms with van der Waals surface area (Å²) in [5.74, 6) is 0. The van der Waals surface area contributed by atoms with Gasteiger partial charge < -0.3 is 10.1 Å². The molecular formula is C17H27NOS. The van der Waals surface area contributed by atoms with Gasteiger partial charge in [0.15, 0.2) is 0 Å². The average molecular weight is 293 g/mol. The van der Waals surface area contributed by atoms with Crippen molar-refractivity contribution in [3.8, 4) is 0 Å². The highest BCUT2D eigenvalue weighted by Gasteiger charge is 2.43. The van der Waals surface area contributed by atoms with Crippen molar-refractivity contribution in [3.63, 3.8) is 0 Å². The third kappa shape index (κ3) is 2.95. The van der Waals surface area contributed by atoms with E-state index in [0.717, 1.165) is 19.5 Å². The van der Waals surface area contributed by atoms with Gasteiger partial charge in [-0.15, -0.1) is 11.3 Å². The zero-order chi connectivity index (χ0) is 14.2. The Bertz CT molecular complexity index is 455. The maximum atomic E-state index is 6.60. The van der Waals surface area contributed by atoms with Crippen molar-refractivity contribution < 1.29 is 4.74 Å². The molecule has 0 amide bonds. The number of morpholine rings is 1. The van der Waals surface area contributed by atoms with E-state index >= 15 is 0 Å². The molecule has 2 aliphatic rings. The van der Waals surface area contributed by atoms with Crippen LogP contribution in [0.3, 0.4) is 0 Å². The van der Waals surface area contributed by atoms with Gasteiger partial charge in [0, 0.05) is 22.8 Å². The molecule has 2 fully saturated rings. The van der Waals surface area contributed by atoms with Gasteiger partial charge in [-0.2, -0.15) is 0 Å². The van der Waals surface area contributed by atoms with Gasteiger partial charge in [-0.1, -0.05) is 20.8 Å². The van der Waals surface area contributed by atoms with Crippen LogP contribution in [0.25, 0.3) is 0 Å². The number of hydrogen-bond acceptors (Lipinski definition) is 3. The Morgan fingerprint density at radius 2 is 2.00 bits per heavy atom. The molecule has 0 bridgehead atoms. The summed E-state index contributed by atoms with van der Waals surface area (Å²) in [5, 5.41) is 3.63. The summed E-state index contributed by atoms with van der Waals surface area (Å²) in [4.78, 5) is 2.87. The SMILES string of the molecule is CCc1ccc(C2CNCC3(CCC(C)(C)CC3)O2)s1. The van der Waals surface area contributed by atoms with Gasteiger partial charge in [0.1, 0.15) is 6.10 Å². The first-order chi connectivity index (χ1) is 9.52. The van der Waals surface area contributed by atoms with Crippen LogP contribution in [0.4, 0.5) is 0 Å². The number of thiophene rings is 1. The van der Waals surface area contributed by atoms with Crippen LogP contribution in [-0.2, 0) is 11.2 Å². The normalized spacial score (nSPS) is 28.6. The molecule has 0 radical (unpaired) electrons. The minimum Gasteiger partial charge on any atom is -0.364 e. The van der Waals surface area contributed by atoms with Crippen LogP contribution in [0.5, 0.6) is 0 Å². The van der Waals surface area contributed by atoms with E-state index in [2.05, 4.69) is 38.2 Å². The monoisotopic (exact) mass is 293 g/mol. The van der Waals surface area contributed by atoms with E-state index in [9.17, 15) is 0 Å². The van der Waals surface area contributed by atoms with E-state index in [1.54, 1.807) is 0 Å². The molecule has 20 heavy (non-hydrogen) atoms. The molecule has 1 saturated heterocycles. The molecule has 1 atom stereocenters. The topological polar surface area (TPSA) is 21.3 Å². The molecule has 3 rings (SSSR count). The highest BCUT2D eigenvalue weighted by atomic mass is 32.1. The fourth-order valence-electron chi connectivity index (χ4n) is 3.41. The van der Waals surface area contributed by atoms with Crippen LogP contribution in [0.2, 0.25) is 0 Å². The van der Waals surface area contributed by atoms with Crippen LogP contribution >= 0.6 is 11.3 Å². The first-order valence-electron chi connectivity index (χ1n) is 7.99. The fraction of sp³-hybridized carbons (Fsp3) is 0.765. The lowest BCUT2D eigenvalue weighted by Gasteiger charge is -2.47. The molecule has 2 nitrogen and oxygen atoms in total. The summed E-state index contributed by atoms with van der Waals surface area (Å²) in [6.07, 6.45) is 6.36. The third-order valence-electron chi connectivity index (χ3n) is 5.03. The Balaban J connectivity index is 1.70. The van der Waals surface area contributed by atoms with Crippen molar-refractivity contribution in [1.29, 1.82) is 0 Å². The minimum atomic E-state index is 0.0921. The molecule has 2 heterocycles. The summed E-state index contributed by atoms with van der Waals surface area (Å²) >= 11 is 1.92. The molecule has 3 heteroatoms. The minimum absolute atomic E-state index is 0.0921. The quantitative estimate of drug-likeness (QED) is 0.877. The summed E-state index contributed by atoms with van der Waals surface area (Å²) in [7, 11) is 0. The van der Waals surface area contributed by atoms with E-state index in [-0.39, 0.29) is 11.7 Å². The van der Waals surface area contributed by atoms with Crippen LogP contribution in [-0.4, -0.2) is 18.7 Å². The fourth-order valence-corrected chi connectivity index (χ4v) is 4.39. The zero-order valence-electron chi connectivity index (χ0n) is 13.0. The van der Waals surface area contributed by atoms with E-state index in [0.29, 0.717) is 5.41 Å². The molecule has 1 spiro atoms. The molecule has 1 aromatic heterocycles. The maximum Gasteiger partial charge on any atom is 0.105 e. The van der Waals surface area contributed by atoms with E-state index < -0.39 is 0 Å². The Kier molecular flexibility index (Phi) is 3.95. The molecule has 1 N–H and O–H groups in total. The van der Waals surface area contributed by atoms with Crippen LogP contribution in [0.15, 0.2) is 12.1 Å². The van der Waals surface area contributed by atoms with E-state index in [1.807, 2.05) is 11.3 Å². The van der Waals surface area contributed by atoms with Crippen LogP contribution < -0.4 is 5.32 Å². The highest BCUT2D eigenvalue weighted by molar-refractivity contribution is 7.12. The summed E-state index contributed by atoms with van der Waals surface area (Å²) in [5.41, 5.74) is 0.592. The Morgan fingerprint density at radius 3 is 2.65 bits per heavy atom. The van der Waals surface area contributed by atoms with Crippen molar-refractivity contribution in [2.24, 2.45) is 5.41 Å². The molecular weight excluding hydrogens is 266 g/mol. The maximum absolute atomic E-state index is 6.60. The molecule has 1 saturated carbocycles. The number of ether oxygens (including phenoxy) is 1. The predicted molar refractivity (Wildman–Crippen MR) is 85.4 cm³/mol. The van der Waals surface area contributed by atoms with Crippen molar-refractivity contribution in [2.75, 3.05) is 13.1 Å². The Labute approximate surface area is 126 Å². The Morgan fingerprint density at radius 1 is 1.25 bits per heavy atom. The molecule has 1 aliphatic carbocycles. The smallest absolute Gasteiger partial charge is 0.105 e. The van der Waals surface area contributed by atoms with Gasteiger partial charge in [0.2, 0.25) is 0 Å². The van der Waals surface area contributed by atoms with E-state index in [1.165, 1.54) is 35.4 Å². The average Bonchev–Trinajstić information content (AvgIpc) is 2.92. The van der Waals surface area contributed by atoms with Crippen LogP contribution in [0.1, 0.15) is 62.3 Å². The third-order valence-corrected chi connectivity index (χ3v) is 6.35. The van der Waals surface area contributed by atoms with Crippen molar-refractivity contribution in [1.82, 2.24) is 5.32 Å². The second-order valence-corrected chi connectivity index (χ2v) is 8.44. The lowest BCUT2D eigenvalue weighted by Crippen LogP contribution is -2.53. The molecule has 0 aromatic carbocycles. The van der Waals surface area contributed by atoms with Gasteiger partial charge in [0.05, 0.1) is 5.60 Å². The molecule has 1 aliphatic heterocycles. The van der Waals surface area contributed by atoms with Gasteiger partial charge in [-0.05, 0) is 49.7 Å². The first kappa shape index (κ1) is 14.6. The number of hydrogen-bond donors (Lipinski definition) is 1. The standard InChI is InChI=1S/C17H27NOS/c1-4-13-5-6-15(20-13)14-11-18-12-17(19-14)9-7-16(2,3)8-10-17/h5-6,14,18H,4,7-12H2,1-3H3. The second-order valence-electron chi connectivity index (χ2n) is 7.24. The van der Waals surface area contributed by atoms with Gasteiger partial charge in [-0.3, -0.25) is 0 Å². The van der Waals surface area contributed by atoms with Crippen LogP contribution in [0, 0.1) is 5.41 Å². The van der Waals surface area contributed by atoms with Crippen molar-refractivity contribution >= 4 is 11.3 Å². The molecule has 112 valence electrons. The molecule has 1 unspecified atom stereocenters. The lowest BCUT2D eigenvalue weighted by atomic mass is 9.70. The Hall–Kier alpha value is -0.380. The van der Waals surface area contributed by atoms with Crippen molar-refractivity contribution in [2.45, 2.75) is 64.6 Å². The van der Waals surface area contributed by atoms with Gasteiger partial charge in [-0.25, -0.2) is 0 Å². The zero-order valence-corrected chi connectivity index (χ0v) is 13.8. The van der Waals surface area contributed by atoms with E-state index in [4.69, 9.17) is 4.74 Å².